The monoisotopic (exact) mass is 249 g/mol. The summed E-state index contributed by atoms with van der Waals surface area (Å²) in [6.45, 7) is 4.71. The Bertz CT molecular complexity index is 592. The van der Waals surface area contributed by atoms with Gasteiger partial charge in [-0.1, -0.05) is 5.16 Å². The molecule has 0 spiro atoms. The van der Waals surface area contributed by atoms with Crippen molar-refractivity contribution in [1.29, 1.82) is 0 Å². The third-order valence-corrected chi connectivity index (χ3v) is 2.80. The highest BCUT2D eigenvalue weighted by Gasteiger charge is 2.22. The van der Waals surface area contributed by atoms with Crippen LogP contribution in [0, 0.1) is 6.92 Å². The molecule has 2 aromatic heterocycles. The molecule has 2 heterocycles. The minimum atomic E-state index is -0.569. The number of esters is 1. The lowest BCUT2D eigenvalue weighted by Crippen LogP contribution is -2.16. The number of fused-ring (bicyclic) bond motifs is 1. The predicted octanol–water partition coefficient (Wildman–Crippen LogP) is 1.77. The van der Waals surface area contributed by atoms with Gasteiger partial charge < -0.3 is 14.2 Å². The molecular formula is C12H15N3O3. The zero-order chi connectivity index (χ0) is 13.3. The molecule has 2 aromatic rings. The van der Waals surface area contributed by atoms with Crippen LogP contribution in [0.3, 0.4) is 0 Å². The van der Waals surface area contributed by atoms with Crippen LogP contribution in [-0.2, 0) is 4.74 Å². The van der Waals surface area contributed by atoms with E-state index in [4.69, 9.17) is 4.52 Å². The molecule has 0 aliphatic rings. The van der Waals surface area contributed by atoms with E-state index in [-0.39, 0.29) is 5.76 Å². The van der Waals surface area contributed by atoms with Crippen molar-refractivity contribution in [2.45, 2.75) is 13.8 Å². The SMILES string of the molecule is CCN(C)c1cc(C)nc2c(C(=O)OC)onc12. The molecule has 2 rings (SSSR count). The van der Waals surface area contributed by atoms with E-state index in [0.717, 1.165) is 17.9 Å². The minimum Gasteiger partial charge on any atom is -0.463 e. The van der Waals surface area contributed by atoms with Gasteiger partial charge in [0.05, 0.1) is 12.8 Å². The molecule has 0 fully saturated rings. The second-order valence-electron chi connectivity index (χ2n) is 4.00. The zero-order valence-electron chi connectivity index (χ0n) is 10.9. The van der Waals surface area contributed by atoms with Crippen LogP contribution in [-0.4, -0.2) is 36.8 Å². The summed E-state index contributed by atoms with van der Waals surface area (Å²) in [5.74, 6) is -0.525. The topological polar surface area (TPSA) is 68.5 Å². The lowest BCUT2D eigenvalue weighted by molar-refractivity contribution is 0.0557. The second kappa shape index (κ2) is 4.64. The van der Waals surface area contributed by atoms with E-state index < -0.39 is 5.97 Å². The molecule has 0 radical (unpaired) electrons. The first-order valence-electron chi connectivity index (χ1n) is 5.65. The van der Waals surface area contributed by atoms with E-state index in [1.807, 2.05) is 31.9 Å². The highest BCUT2D eigenvalue weighted by molar-refractivity contribution is 6.02. The number of anilines is 1. The number of nitrogens with zero attached hydrogens (tertiary/aromatic N) is 3. The third-order valence-electron chi connectivity index (χ3n) is 2.80. The van der Waals surface area contributed by atoms with Gasteiger partial charge in [-0.05, 0) is 19.9 Å². The number of carbonyl (C=O) groups is 1. The Hall–Kier alpha value is -2.11. The van der Waals surface area contributed by atoms with Crippen molar-refractivity contribution in [3.05, 3.63) is 17.5 Å². The van der Waals surface area contributed by atoms with Crippen molar-refractivity contribution < 1.29 is 14.1 Å². The summed E-state index contributed by atoms with van der Waals surface area (Å²) in [6.07, 6.45) is 0. The largest absolute Gasteiger partial charge is 0.463 e. The molecule has 0 aliphatic carbocycles. The van der Waals surface area contributed by atoms with Crippen LogP contribution < -0.4 is 4.90 Å². The van der Waals surface area contributed by atoms with Crippen LogP contribution in [0.1, 0.15) is 23.2 Å². The highest BCUT2D eigenvalue weighted by Crippen LogP contribution is 2.27. The Morgan fingerprint density at radius 3 is 2.83 bits per heavy atom. The molecule has 0 unspecified atom stereocenters. The van der Waals surface area contributed by atoms with Crippen molar-refractivity contribution in [3.63, 3.8) is 0 Å². The number of hydrogen-bond donors (Lipinski definition) is 0. The van der Waals surface area contributed by atoms with Gasteiger partial charge in [-0.25, -0.2) is 9.78 Å². The van der Waals surface area contributed by atoms with Crippen LogP contribution >= 0.6 is 0 Å². The number of rotatable bonds is 3. The number of hydrogen-bond acceptors (Lipinski definition) is 6. The fourth-order valence-electron chi connectivity index (χ4n) is 1.72. The van der Waals surface area contributed by atoms with Gasteiger partial charge in [-0.15, -0.1) is 0 Å². The fraction of sp³-hybridized carbons (Fsp3) is 0.417. The molecule has 0 aromatic carbocycles. The molecule has 0 bridgehead atoms. The molecule has 0 saturated carbocycles. The Kier molecular flexibility index (Phi) is 3.18. The summed E-state index contributed by atoms with van der Waals surface area (Å²) in [6, 6.07) is 1.91. The van der Waals surface area contributed by atoms with Gasteiger partial charge in [0.1, 0.15) is 5.52 Å². The summed E-state index contributed by atoms with van der Waals surface area (Å²) in [5.41, 5.74) is 2.70. The minimum absolute atomic E-state index is 0.0435. The van der Waals surface area contributed by atoms with Gasteiger partial charge in [-0.2, -0.15) is 0 Å². The van der Waals surface area contributed by atoms with Gasteiger partial charge in [0, 0.05) is 19.3 Å². The van der Waals surface area contributed by atoms with Crippen molar-refractivity contribution in [3.8, 4) is 0 Å². The lowest BCUT2D eigenvalue weighted by atomic mass is 10.2. The number of ether oxygens (including phenoxy) is 1. The summed E-state index contributed by atoms with van der Waals surface area (Å²) in [5, 5.41) is 3.92. The van der Waals surface area contributed by atoms with E-state index >= 15 is 0 Å². The van der Waals surface area contributed by atoms with Gasteiger partial charge >= 0.3 is 5.97 Å². The number of pyridine rings is 1. The maximum atomic E-state index is 11.5. The van der Waals surface area contributed by atoms with Crippen LogP contribution in [0.25, 0.3) is 11.0 Å². The quantitative estimate of drug-likeness (QED) is 0.772. The molecule has 0 saturated heterocycles. The molecule has 0 N–H and O–H groups in total. The smallest absolute Gasteiger partial charge is 0.379 e. The summed E-state index contributed by atoms with van der Waals surface area (Å²) in [7, 11) is 3.24. The average Bonchev–Trinajstić information content (AvgIpc) is 2.79. The maximum absolute atomic E-state index is 11.5. The van der Waals surface area contributed by atoms with E-state index in [0.29, 0.717) is 11.0 Å². The summed E-state index contributed by atoms with van der Waals surface area (Å²) >= 11 is 0. The zero-order valence-corrected chi connectivity index (χ0v) is 10.9. The number of aromatic nitrogens is 2. The number of carbonyl (C=O) groups excluding carboxylic acids is 1. The lowest BCUT2D eigenvalue weighted by Gasteiger charge is -2.16. The third kappa shape index (κ3) is 1.90. The Morgan fingerprint density at radius 2 is 2.22 bits per heavy atom. The second-order valence-corrected chi connectivity index (χ2v) is 4.00. The predicted molar refractivity (Wildman–Crippen MR) is 66.8 cm³/mol. The van der Waals surface area contributed by atoms with Gasteiger partial charge in [0.25, 0.3) is 5.76 Å². The molecule has 0 amide bonds. The van der Waals surface area contributed by atoms with Crippen molar-refractivity contribution in [2.75, 3.05) is 25.6 Å². The van der Waals surface area contributed by atoms with E-state index in [9.17, 15) is 4.79 Å². The molecule has 6 heteroatoms. The number of methoxy groups -OCH3 is 1. The normalized spacial score (nSPS) is 10.7. The molecular weight excluding hydrogens is 234 g/mol. The van der Waals surface area contributed by atoms with Crippen LogP contribution in [0.15, 0.2) is 10.6 Å². The maximum Gasteiger partial charge on any atom is 0.379 e. The Balaban J connectivity index is 2.68. The Morgan fingerprint density at radius 1 is 1.50 bits per heavy atom. The standard InChI is InChI=1S/C12H15N3O3/c1-5-15(3)8-6-7(2)13-10-9(8)14-18-11(10)12(16)17-4/h6H,5H2,1-4H3. The van der Waals surface area contributed by atoms with Crippen LogP contribution in [0.5, 0.6) is 0 Å². The van der Waals surface area contributed by atoms with E-state index in [1.54, 1.807) is 0 Å². The van der Waals surface area contributed by atoms with Crippen LogP contribution in [0.2, 0.25) is 0 Å². The van der Waals surface area contributed by atoms with Crippen molar-refractivity contribution in [1.82, 2.24) is 10.1 Å². The van der Waals surface area contributed by atoms with Crippen molar-refractivity contribution >= 4 is 22.7 Å². The van der Waals surface area contributed by atoms with Gasteiger partial charge in [-0.3, -0.25) is 0 Å². The number of aryl methyl sites for hydroxylation is 1. The first-order chi connectivity index (χ1) is 8.58. The van der Waals surface area contributed by atoms with Crippen molar-refractivity contribution in [2.24, 2.45) is 0 Å². The van der Waals surface area contributed by atoms with Gasteiger partial charge in [0.15, 0.2) is 5.52 Å². The van der Waals surface area contributed by atoms with Gasteiger partial charge in [0.2, 0.25) is 0 Å². The molecule has 0 aliphatic heterocycles. The molecule has 18 heavy (non-hydrogen) atoms. The van der Waals surface area contributed by atoms with Crippen LogP contribution in [0.4, 0.5) is 5.69 Å². The summed E-state index contributed by atoms with van der Waals surface area (Å²) < 4.78 is 9.69. The average molecular weight is 249 g/mol. The Labute approximate surface area is 105 Å². The van der Waals surface area contributed by atoms with E-state index in [2.05, 4.69) is 14.9 Å². The van der Waals surface area contributed by atoms with E-state index in [1.165, 1.54) is 7.11 Å². The molecule has 96 valence electrons. The first kappa shape index (κ1) is 12.3. The first-order valence-corrected chi connectivity index (χ1v) is 5.65. The fourth-order valence-corrected chi connectivity index (χ4v) is 1.72. The highest BCUT2D eigenvalue weighted by atomic mass is 16.5. The molecule has 6 nitrogen and oxygen atoms in total. The summed E-state index contributed by atoms with van der Waals surface area (Å²) in [4.78, 5) is 17.9. The molecule has 0 atom stereocenters.